The van der Waals surface area contributed by atoms with Gasteiger partial charge in [0.25, 0.3) is 0 Å². The molecule has 58 valence electrons. The van der Waals surface area contributed by atoms with Crippen LogP contribution in [0.1, 0.15) is 19.8 Å². The molecule has 1 fully saturated rings. The van der Waals surface area contributed by atoms with Gasteiger partial charge in [-0.3, -0.25) is 4.79 Å². The summed E-state index contributed by atoms with van der Waals surface area (Å²) in [5, 5.41) is 0. The van der Waals surface area contributed by atoms with Crippen LogP contribution >= 0.6 is 0 Å². The summed E-state index contributed by atoms with van der Waals surface area (Å²) < 4.78 is 0. The number of hydrogen-bond acceptors (Lipinski definition) is 2. The van der Waals surface area contributed by atoms with E-state index in [1.54, 1.807) is 11.8 Å². The van der Waals surface area contributed by atoms with Crippen LogP contribution < -0.4 is 5.73 Å². The van der Waals surface area contributed by atoms with E-state index >= 15 is 0 Å². The first-order chi connectivity index (χ1) is 4.63. The largest absolute Gasteiger partial charge is 0.341 e. The van der Waals surface area contributed by atoms with Crippen LogP contribution in [0.4, 0.5) is 0 Å². The molecule has 2 N–H and O–H groups in total. The minimum absolute atomic E-state index is 0.0579. The van der Waals surface area contributed by atoms with Crippen molar-refractivity contribution >= 4 is 5.91 Å². The number of rotatable bonds is 2. The van der Waals surface area contributed by atoms with Gasteiger partial charge in [0.2, 0.25) is 5.91 Å². The zero-order valence-corrected chi connectivity index (χ0v) is 6.50. The predicted octanol–water partition coefficient (Wildman–Crippen LogP) is -0.0456. The molecule has 0 spiro atoms. The summed E-state index contributed by atoms with van der Waals surface area (Å²) in [6, 6.07) is 0.143. The number of carbonyl (C=O) groups excluding carboxylic acids is 1. The SMILES string of the molecule is C[C@@H](N)C(=O)N(C)C1CC1. The maximum Gasteiger partial charge on any atom is 0.239 e. The highest BCUT2D eigenvalue weighted by Crippen LogP contribution is 2.25. The standard InChI is InChI=1S/C7H14N2O/c1-5(8)7(10)9(2)6-3-4-6/h5-6H,3-4,8H2,1-2H3/t5-/m1/s1. The third kappa shape index (κ3) is 1.48. The number of nitrogens with zero attached hydrogens (tertiary/aromatic N) is 1. The molecule has 0 radical (unpaired) electrons. The second-order valence-electron chi connectivity index (χ2n) is 2.97. The average Bonchev–Trinajstić information content (AvgIpc) is 2.65. The van der Waals surface area contributed by atoms with Crippen molar-refractivity contribution in [2.45, 2.75) is 31.8 Å². The zero-order valence-electron chi connectivity index (χ0n) is 6.50. The molecule has 1 atom stereocenters. The summed E-state index contributed by atoms with van der Waals surface area (Å²) in [6.07, 6.45) is 2.30. The Bertz CT molecular complexity index is 141. The van der Waals surface area contributed by atoms with Crippen LogP contribution in [0.5, 0.6) is 0 Å². The average molecular weight is 142 g/mol. The molecule has 0 heterocycles. The van der Waals surface area contributed by atoms with Gasteiger partial charge in [-0.2, -0.15) is 0 Å². The van der Waals surface area contributed by atoms with Gasteiger partial charge in [0.05, 0.1) is 6.04 Å². The van der Waals surface area contributed by atoms with E-state index in [4.69, 9.17) is 5.73 Å². The second-order valence-corrected chi connectivity index (χ2v) is 2.97. The molecule has 0 aromatic carbocycles. The highest BCUT2D eigenvalue weighted by Gasteiger charge is 2.30. The molecule has 1 aliphatic carbocycles. The van der Waals surface area contributed by atoms with Gasteiger partial charge >= 0.3 is 0 Å². The first-order valence-corrected chi connectivity index (χ1v) is 3.65. The molecule has 1 amide bonds. The lowest BCUT2D eigenvalue weighted by molar-refractivity contribution is -0.131. The van der Waals surface area contributed by atoms with E-state index in [1.165, 1.54) is 0 Å². The van der Waals surface area contributed by atoms with Gasteiger partial charge in [-0.15, -0.1) is 0 Å². The van der Waals surface area contributed by atoms with Crippen molar-refractivity contribution in [3.63, 3.8) is 0 Å². The van der Waals surface area contributed by atoms with Crippen LogP contribution in [0.3, 0.4) is 0 Å². The minimum atomic E-state index is -0.342. The zero-order chi connectivity index (χ0) is 7.72. The molecular formula is C7H14N2O. The molecule has 1 rings (SSSR count). The lowest BCUT2D eigenvalue weighted by Gasteiger charge is -2.17. The highest BCUT2D eigenvalue weighted by atomic mass is 16.2. The number of nitrogens with two attached hydrogens (primary N) is 1. The highest BCUT2D eigenvalue weighted by molar-refractivity contribution is 5.81. The number of carbonyl (C=O) groups is 1. The van der Waals surface area contributed by atoms with Crippen LogP contribution in [0, 0.1) is 0 Å². The van der Waals surface area contributed by atoms with Crippen molar-refractivity contribution in [2.75, 3.05) is 7.05 Å². The topological polar surface area (TPSA) is 46.3 Å². The molecular weight excluding hydrogens is 128 g/mol. The minimum Gasteiger partial charge on any atom is -0.341 e. The van der Waals surface area contributed by atoms with Crippen molar-refractivity contribution in [1.29, 1.82) is 0 Å². The Labute approximate surface area is 61.2 Å². The van der Waals surface area contributed by atoms with Crippen LogP contribution in [-0.4, -0.2) is 29.9 Å². The smallest absolute Gasteiger partial charge is 0.239 e. The molecule has 0 aromatic rings. The fraction of sp³-hybridized carbons (Fsp3) is 0.857. The van der Waals surface area contributed by atoms with Gasteiger partial charge in [0.15, 0.2) is 0 Å². The van der Waals surface area contributed by atoms with E-state index in [9.17, 15) is 4.79 Å². The normalized spacial score (nSPS) is 20.3. The molecule has 1 aliphatic rings. The van der Waals surface area contributed by atoms with Crippen LogP contribution in [0.25, 0.3) is 0 Å². The summed E-state index contributed by atoms with van der Waals surface area (Å²) >= 11 is 0. The van der Waals surface area contributed by atoms with Crippen LogP contribution in [-0.2, 0) is 4.79 Å². The number of hydrogen-bond donors (Lipinski definition) is 1. The van der Waals surface area contributed by atoms with E-state index in [2.05, 4.69) is 0 Å². The van der Waals surface area contributed by atoms with Crippen molar-refractivity contribution in [1.82, 2.24) is 4.90 Å². The lowest BCUT2D eigenvalue weighted by atomic mass is 10.3. The van der Waals surface area contributed by atoms with E-state index in [1.807, 2.05) is 7.05 Å². The van der Waals surface area contributed by atoms with Crippen molar-refractivity contribution in [3.05, 3.63) is 0 Å². The number of likely N-dealkylation sites (N-methyl/N-ethyl adjacent to an activating group) is 1. The van der Waals surface area contributed by atoms with Crippen molar-refractivity contribution in [2.24, 2.45) is 5.73 Å². The Morgan fingerprint density at radius 2 is 2.20 bits per heavy atom. The fourth-order valence-corrected chi connectivity index (χ4v) is 0.963. The lowest BCUT2D eigenvalue weighted by Crippen LogP contribution is -2.40. The van der Waals surface area contributed by atoms with Crippen molar-refractivity contribution in [3.8, 4) is 0 Å². The van der Waals surface area contributed by atoms with E-state index in [0.29, 0.717) is 6.04 Å². The maximum atomic E-state index is 11.1. The fourth-order valence-electron chi connectivity index (χ4n) is 0.963. The second kappa shape index (κ2) is 2.58. The third-order valence-electron chi connectivity index (χ3n) is 1.83. The van der Waals surface area contributed by atoms with E-state index < -0.39 is 0 Å². The summed E-state index contributed by atoms with van der Waals surface area (Å²) in [6.45, 7) is 1.72. The summed E-state index contributed by atoms with van der Waals surface area (Å²) in [5.41, 5.74) is 5.41. The Kier molecular flexibility index (Phi) is 1.94. The maximum absolute atomic E-state index is 11.1. The van der Waals surface area contributed by atoms with Crippen LogP contribution in [0.2, 0.25) is 0 Å². The summed E-state index contributed by atoms with van der Waals surface area (Å²) in [5.74, 6) is 0.0579. The van der Waals surface area contributed by atoms with Gasteiger partial charge in [-0.25, -0.2) is 0 Å². The number of amides is 1. The van der Waals surface area contributed by atoms with Gasteiger partial charge in [-0.05, 0) is 19.8 Å². The van der Waals surface area contributed by atoms with Crippen LogP contribution in [0.15, 0.2) is 0 Å². The van der Waals surface area contributed by atoms with Gasteiger partial charge < -0.3 is 10.6 Å². The first-order valence-electron chi connectivity index (χ1n) is 3.65. The molecule has 1 saturated carbocycles. The van der Waals surface area contributed by atoms with E-state index in [0.717, 1.165) is 12.8 Å². The van der Waals surface area contributed by atoms with Gasteiger partial charge in [-0.1, -0.05) is 0 Å². The quantitative estimate of drug-likeness (QED) is 0.587. The van der Waals surface area contributed by atoms with E-state index in [-0.39, 0.29) is 11.9 Å². The van der Waals surface area contributed by atoms with Gasteiger partial charge in [0.1, 0.15) is 0 Å². The van der Waals surface area contributed by atoms with Gasteiger partial charge in [0, 0.05) is 13.1 Å². The molecule has 3 nitrogen and oxygen atoms in total. The third-order valence-corrected chi connectivity index (χ3v) is 1.83. The molecule has 3 heteroatoms. The predicted molar refractivity (Wildman–Crippen MR) is 39.4 cm³/mol. The molecule has 0 aliphatic heterocycles. The van der Waals surface area contributed by atoms with Crippen molar-refractivity contribution < 1.29 is 4.79 Å². The molecule has 0 bridgehead atoms. The Balaban J connectivity index is 2.38. The molecule has 10 heavy (non-hydrogen) atoms. The Morgan fingerprint density at radius 3 is 2.50 bits per heavy atom. The Hall–Kier alpha value is -0.570. The first kappa shape index (κ1) is 7.54. The monoisotopic (exact) mass is 142 g/mol. The molecule has 0 saturated heterocycles. The Morgan fingerprint density at radius 1 is 1.70 bits per heavy atom. The molecule has 0 aromatic heterocycles. The summed E-state index contributed by atoms with van der Waals surface area (Å²) in [4.78, 5) is 12.9. The summed E-state index contributed by atoms with van der Waals surface area (Å²) in [7, 11) is 1.82. The molecule has 0 unspecified atom stereocenters.